The fourth-order valence-corrected chi connectivity index (χ4v) is 6.39. The lowest BCUT2D eigenvalue weighted by Gasteiger charge is -2.44. The highest BCUT2D eigenvalue weighted by atomic mass is 35.5. The molecule has 2 aliphatic heterocycles. The van der Waals surface area contributed by atoms with Crippen molar-refractivity contribution in [1.82, 2.24) is 30.8 Å². The number of tetrazole rings is 1. The van der Waals surface area contributed by atoms with Crippen molar-refractivity contribution < 1.29 is 19.1 Å². The molecule has 186 valence electrons. The van der Waals surface area contributed by atoms with Crippen molar-refractivity contribution in [2.45, 2.75) is 42.0 Å². The van der Waals surface area contributed by atoms with Crippen LogP contribution in [-0.2, 0) is 14.4 Å². The maximum Gasteiger partial charge on any atom is 0.328 e. The summed E-state index contributed by atoms with van der Waals surface area (Å²) in [6.45, 7) is 3.97. The maximum atomic E-state index is 13.4. The molecule has 0 spiro atoms. The maximum absolute atomic E-state index is 13.4. The number of carbonyl (C=O) groups is 3. The van der Waals surface area contributed by atoms with E-state index in [9.17, 15) is 14.4 Å². The number of halogens is 2. The van der Waals surface area contributed by atoms with E-state index in [4.69, 9.17) is 27.9 Å². The molecular formula is C23H20Cl2N6O4S. The van der Waals surface area contributed by atoms with E-state index in [0.717, 1.165) is 0 Å². The molecule has 0 saturated carbocycles. The molecule has 3 heterocycles. The van der Waals surface area contributed by atoms with Gasteiger partial charge in [-0.3, -0.25) is 14.4 Å². The van der Waals surface area contributed by atoms with E-state index in [0.29, 0.717) is 16.4 Å². The van der Waals surface area contributed by atoms with Gasteiger partial charge in [-0.1, -0.05) is 53.5 Å². The third-order valence-corrected chi connectivity index (χ3v) is 8.41. The van der Waals surface area contributed by atoms with Crippen molar-refractivity contribution in [3.8, 4) is 5.75 Å². The van der Waals surface area contributed by atoms with Crippen LogP contribution in [0.2, 0.25) is 10.0 Å². The number of rotatable bonds is 6. The molecule has 36 heavy (non-hydrogen) atoms. The van der Waals surface area contributed by atoms with Gasteiger partial charge in [0.1, 0.15) is 23.2 Å². The van der Waals surface area contributed by atoms with E-state index in [1.54, 1.807) is 35.2 Å². The van der Waals surface area contributed by atoms with E-state index < -0.39 is 28.6 Å². The molecule has 1 aromatic heterocycles. The van der Waals surface area contributed by atoms with Crippen molar-refractivity contribution in [2.75, 3.05) is 0 Å². The van der Waals surface area contributed by atoms with Crippen LogP contribution in [-0.4, -0.2) is 59.5 Å². The number of β-lactam (4-membered cyclic amide) rings is 1. The second-order valence-corrected chi connectivity index (χ2v) is 11.5. The minimum absolute atomic E-state index is 0.144. The Labute approximate surface area is 220 Å². The number of nitrogens with one attached hydrogen (secondary N) is 2. The summed E-state index contributed by atoms with van der Waals surface area (Å²) in [5.74, 6) is -2.43. The van der Waals surface area contributed by atoms with Crippen molar-refractivity contribution in [2.24, 2.45) is 0 Å². The van der Waals surface area contributed by atoms with Gasteiger partial charge in [0, 0.05) is 10.8 Å². The van der Waals surface area contributed by atoms with E-state index in [1.807, 2.05) is 13.8 Å². The summed E-state index contributed by atoms with van der Waals surface area (Å²) < 4.78 is 5.05. The highest BCUT2D eigenvalue weighted by molar-refractivity contribution is 8.01. The number of amides is 2. The summed E-state index contributed by atoms with van der Waals surface area (Å²) >= 11 is 13.5. The van der Waals surface area contributed by atoms with E-state index >= 15 is 0 Å². The Bertz CT molecular complexity index is 1320. The number of nitrogens with zero attached hydrogens (tertiary/aromatic N) is 4. The molecule has 3 aromatic rings. The second-order valence-electron chi connectivity index (χ2n) is 8.87. The first-order valence-corrected chi connectivity index (χ1v) is 12.6. The first-order chi connectivity index (χ1) is 17.2. The highest BCUT2D eigenvalue weighted by Gasteiger charge is 2.63. The number of ether oxygens (including phenoxy) is 1. The predicted molar refractivity (Wildman–Crippen MR) is 132 cm³/mol. The van der Waals surface area contributed by atoms with Gasteiger partial charge in [0.05, 0.1) is 10.0 Å². The Hall–Kier alpha value is -3.15. The van der Waals surface area contributed by atoms with Gasteiger partial charge in [-0.25, -0.2) is 5.10 Å². The van der Waals surface area contributed by atoms with Crippen LogP contribution < -0.4 is 10.1 Å². The van der Waals surface area contributed by atoms with Crippen LogP contribution in [0.4, 0.5) is 0 Å². The average molecular weight is 547 g/mol. The topological polar surface area (TPSA) is 130 Å². The number of aromatic amines is 1. The van der Waals surface area contributed by atoms with E-state index in [-0.39, 0.29) is 28.1 Å². The lowest BCUT2D eigenvalue weighted by atomic mass is 9.94. The third-order valence-electron chi connectivity index (χ3n) is 6.10. The first-order valence-electron chi connectivity index (χ1n) is 10.9. The standard InChI is InChI=1S/C23H20Cl2N6O4S/c1-23(2)17(18-27-29-30-28-18)31-20(33)16(21(31)36-23)26-19(32)15(11-6-4-3-5-7-11)22(34)35-12-8-9-13(24)14(25)10-12/h3-10,15-17,21H,1-2H3,(H,26,32)(H,27,28,29,30)/t15?,16?,17?,21-/m0/s1. The lowest BCUT2D eigenvalue weighted by molar-refractivity contribution is -0.153. The van der Waals surface area contributed by atoms with Gasteiger partial charge in [-0.15, -0.1) is 16.9 Å². The molecule has 0 radical (unpaired) electrons. The van der Waals surface area contributed by atoms with Crippen LogP contribution in [0.5, 0.6) is 5.75 Å². The Balaban J connectivity index is 1.36. The molecular weight excluding hydrogens is 527 g/mol. The number of thioether (sulfide) groups is 1. The van der Waals surface area contributed by atoms with Crippen molar-refractivity contribution in [1.29, 1.82) is 0 Å². The molecule has 2 fully saturated rings. The quantitative estimate of drug-likeness (QED) is 0.209. The monoisotopic (exact) mass is 546 g/mol. The summed E-state index contributed by atoms with van der Waals surface area (Å²) in [4.78, 5) is 41.4. The van der Waals surface area contributed by atoms with Gasteiger partial charge < -0.3 is 15.0 Å². The minimum Gasteiger partial charge on any atom is -0.426 e. The molecule has 2 saturated heterocycles. The summed E-state index contributed by atoms with van der Waals surface area (Å²) in [5.41, 5.74) is 0.425. The van der Waals surface area contributed by atoms with Crippen molar-refractivity contribution >= 4 is 52.7 Å². The molecule has 5 rings (SSSR count). The van der Waals surface area contributed by atoms with Crippen molar-refractivity contribution in [3.63, 3.8) is 0 Å². The number of carbonyl (C=O) groups excluding carboxylic acids is 3. The predicted octanol–water partition coefficient (Wildman–Crippen LogP) is 3.12. The largest absolute Gasteiger partial charge is 0.426 e. The number of hydrogen-bond donors (Lipinski definition) is 2. The molecule has 2 amide bonds. The molecule has 2 aromatic carbocycles. The smallest absolute Gasteiger partial charge is 0.328 e. The zero-order valence-corrected chi connectivity index (χ0v) is 21.3. The average Bonchev–Trinajstić information content (AvgIpc) is 3.45. The number of fused-ring (bicyclic) bond motifs is 1. The first kappa shape index (κ1) is 24.5. The molecule has 0 aliphatic carbocycles. The van der Waals surface area contributed by atoms with Crippen LogP contribution in [0.25, 0.3) is 0 Å². The van der Waals surface area contributed by atoms with Gasteiger partial charge in [0.2, 0.25) is 11.8 Å². The minimum atomic E-state index is -1.31. The van der Waals surface area contributed by atoms with Gasteiger partial charge in [0.15, 0.2) is 11.7 Å². The zero-order valence-electron chi connectivity index (χ0n) is 19.0. The molecule has 2 aliphatic rings. The lowest BCUT2D eigenvalue weighted by Crippen LogP contribution is -2.68. The van der Waals surface area contributed by atoms with Crippen molar-refractivity contribution in [3.05, 3.63) is 70.0 Å². The van der Waals surface area contributed by atoms with Crippen LogP contribution in [0.1, 0.15) is 37.2 Å². The Kier molecular flexibility index (Phi) is 6.39. The van der Waals surface area contributed by atoms with Crippen LogP contribution in [0.3, 0.4) is 0 Å². The summed E-state index contributed by atoms with van der Waals surface area (Å²) in [5, 5.41) is 16.9. The number of benzene rings is 2. The molecule has 3 unspecified atom stereocenters. The number of aromatic nitrogens is 4. The summed E-state index contributed by atoms with van der Waals surface area (Å²) in [7, 11) is 0. The Morgan fingerprint density at radius 2 is 1.92 bits per heavy atom. The van der Waals surface area contributed by atoms with Gasteiger partial charge in [0.25, 0.3) is 0 Å². The second kappa shape index (κ2) is 9.38. The summed E-state index contributed by atoms with van der Waals surface area (Å²) in [6, 6.07) is 11.7. The molecule has 4 atom stereocenters. The molecule has 2 N–H and O–H groups in total. The zero-order chi connectivity index (χ0) is 25.6. The van der Waals surface area contributed by atoms with Crippen LogP contribution in [0.15, 0.2) is 48.5 Å². The molecule has 10 nitrogen and oxygen atoms in total. The van der Waals surface area contributed by atoms with E-state index in [1.165, 1.54) is 30.0 Å². The van der Waals surface area contributed by atoms with Crippen LogP contribution >= 0.6 is 35.0 Å². The number of esters is 1. The molecule has 0 bridgehead atoms. The third kappa shape index (κ3) is 4.31. The number of hydrogen-bond acceptors (Lipinski definition) is 8. The van der Waals surface area contributed by atoms with Crippen LogP contribution in [0, 0.1) is 0 Å². The fourth-order valence-electron chi connectivity index (χ4n) is 4.46. The van der Waals surface area contributed by atoms with E-state index in [2.05, 4.69) is 25.9 Å². The molecule has 13 heteroatoms. The Morgan fingerprint density at radius 3 is 2.58 bits per heavy atom. The normalized spacial score (nSPS) is 22.9. The number of H-pyrrole nitrogens is 1. The van der Waals surface area contributed by atoms with Gasteiger partial charge in [-0.05, 0) is 42.0 Å². The SMILES string of the molecule is CC1(C)S[C@H]2C(NC(=O)C(C(=O)Oc3ccc(Cl)c(Cl)c3)c3ccccc3)C(=O)N2C1c1nnn[nH]1. The van der Waals surface area contributed by atoms with Gasteiger partial charge >= 0.3 is 5.97 Å². The fraction of sp³-hybridized carbons (Fsp3) is 0.304. The highest BCUT2D eigenvalue weighted by Crippen LogP contribution is 2.56. The Morgan fingerprint density at radius 1 is 1.17 bits per heavy atom. The van der Waals surface area contributed by atoms with Gasteiger partial charge in [-0.2, -0.15) is 0 Å². The summed E-state index contributed by atoms with van der Waals surface area (Å²) in [6.07, 6.45) is 0.